The van der Waals surface area contributed by atoms with Crippen LogP contribution in [0.2, 0.25) is 0 Å². The van der Waals surface area contributed by atoms with E-state index in [4.69, 9.17) is 5.26 Å². The van der Waals surface area contributed by atoms with E-state index in [2.05, 4.69) is 42.4 Å². The Balaban J connectivity index is 2.18. The Kier molecular flexibility index (Phi) is 4.15. The molecule has 1 aromatic carbocycles. The van der Waals surface area contributed by atoms with Gasteiger partial charge in [0, 0.05) is 11.9 Å². The fourth-order valence-electron chi connectivity index (χ4n) is 1.86. The monoisotopic (exact) mass is 251 g/mol. The van der Waals surface area contributed by atoms with E-state index in [0.717, 1.165) is 12.1 Å². The van der Waals surface area contributed by atoms with E-state index in [0.29, 0.717) is 17.3 Å². The lowest BCUT2D eigenvalue weighted by molar-refractivity contribution is 0.734. The van der Waals surface area contributed by atoms with Gasteiger partial charge in [-0.3, -0.25) is 0 Å². The van der Waals surface area contributed by atoms with Crippen molar-refractivity contribution in [3.63, 3.8) is 0 Å². The second-order valence-corrected chi connectivity index (χ2v) is 4.57. The third-order valence-corrected chi connectivity index (χ3v) is 3.28. The van der Waals surface area contributed by atoms with Gasteiger partial charge in [0.1, 0.15) is 11.9 Å². The van der Waals surface area contributed by atoms with Crippen molar-refractivity contribution in [1.29, 1.82) is 5.26 Å². The first-order valence-corrected chi connectivity index (χ1v) is 6.46. The van der Waals surface area contributed by atoms with Crippen LogP contribution in [-0.4, -0.2) is 4.98 Å². The normalized spacial score (nSPS) is 11.6. The van der Waals surface area contributed by atoms with Crippen molar-refractivity contribution in [2.24, 2.45) is 0 Å². The lowest BCUT2D eigenvalue weighted by Crippen LogP contribution is -1.97. The van der Waals surface area contributed by atoms with E-state index in [1.807, 2.05) is 12.1 Å². The van der Waals surface area contributed by atoms with E-state index in [1.54, 1.807) is 18.3 Å². The molecule has 0 fully saturated rings. The fourth-order valence-corrected chi connectivity index (χ4v) is 1.86. The van der Waals surface area contributed by atoms with Gasteiger partial charge in [-0.15, -0.1) is 0 Å². The van der Waals surface area contributed by atoms with Gasteiger partial charge in [0.05, 0.1) is 5.56 Å². The zero-order valence-electron chi connectivity index (χ0n) is 11.2. The Bertz CT molecular complexity index is 582. The zero-order valence-corrected chi connectivity index (χ0v) is 11.2. The minimum absolute atomic E-state index is 0.550. The molecule has 0 bridgehead atoms. The van der Waals surface area contributed by atoms with Gasteiger partial charge >= 0.3 is 0 Å². The summed E-state index contributed by atoms with van der Waals surface area (Å²) in [4.78, 5) is 4.18. The highest BCUT2D eigenvalue weighted by Crippen LogP contribution is 2.22. The molecule has 1 heterocycles. The number of nitriles is 1. The first kappa shape index (κ1) is 13.1. The summed E-state index contributed by atoms with van der Waals surface area (Å²) in [5.41, 5.74) is 2.82. The number of anilines is 2. The molecule has 2 aromatic rings. The molecule has 1 N–H and O–H groups in total. The van der Waals surface area contributed by atoms with Crippen LogP contribution >= 0.6 is 0 Å². The standard InChI is InChI=1S/C16H17N3/c1-3-12(2)13-6-8-15(9-7-13)19-16-14(11-17)5-4-10-18-16/h4-10,12H,3H2,1-2H3,(H,18,19)/t12-/m1/s1. The highest BCUT2D eigenvalue weighted by atomic mass is 15.0. The van der Waals surface area contributed by atoms with Crippen LogP contribution in [0.15, 0.2) is 42.6 Å². The minimum atomic E-state index is 0.550. The number of hydrogen-bond donors (Lipinski definition) is 1. The fraction of sp³-hybridized carbons (Fsp3) is 0.250. The number of benzene rings is 1. The van der Waals surface area contributed by atoms with E-state index in [-0.39, 0.29) is 0 Å². The Labute approximate surface area is 113 Å². The average molecular weight is 251 g/mol. The van der Waals surface area contributed by atoms with Crippen LogP contribution in [0, 0.1) is 11.3 Å². The van der Waals surface area contributed by atoms with E-state index in [9.17, 15) is 0 Å². The topological polar surface area (TPSA) is 48.7 Å². The van der Waals surface area contributed by atoms with Crippen molar-refractivity contribution in [1.82, 2.24) is 4.98 Å². The smallest absolute Gasteiger partial charge is 0.148 e. The molecule has 3 nitrogen and oxygen atoms in total. The number of hydrogen-bond acceptors (Lipinski definition) is 3. The van der Waals surface area contributed by atoms with Gasteiger partial charge in [0.15, 0.2) is 0 Å². The van der Waals surface area contributed by atoms with Gasteiger partial charge < -0.3 is 5.32 Å². The number of rotatable bonds is 4. The molecular weight excluding hydrogens is 234 g/mol. The van der Waals surface area contributed by atoms with Crippen molar-refractivity contribution in [3.8, 4) is 6.07 Å². The highest BCUT2D eigenvalue weighted by Gasteiger charge is 2.05. The van der Waals surface area contributed by atoms with Gasteiger partial charge in [-0.2, -0.15) is 5.26 Å². The van der Waals surface area contributed by atoms with Gasteiger partial charge in [-0.25, -0.2) is 4.98 Å². The molecule has 2 rings (SSSR count). The minimum Gasteiger partial charge on any atom is -0.339 e. The molecular formula is C16H17N3. The third-order valence-electron chi connectivity index (χ3n) is 3.28. The molecule has 0 aliphatic rings. The molecule has 19 heavy (non-hydrogen) atoms. The van der Waals surface area contributed by atoms with Crippen LogP contribution in [0.4, 0.5) is 11.5 Å². The first-order chi connectivity index (χ1) is 9.24. The quantitative estimate of drug-likeness (QED) is 0.885. The van der Waals surface area contributed by atoms with Crippen molar-refractivity contribution < 1.29 is 0 Å². The maximum absolute atomic E-state index is 9.02. The lowest BCUT2D eigenvalue weighted by Gasteiger charge is -2.11. The molecule has 3 heteroatoms. The summed E-state index contributed by atoms with van der Waals surface area (Å²) in [5.74, 6) is 1.17. The molecule has 1 aromatic heterocycles. The van der Waals surface area contributed by atoms with E-state index < -0.39 is 0 Å². The Morgan fingerprint density at radius 1 is 1.26 bits per heavy atom. The number of pyridine rings is 1. The average Bonchev–Trinajstić information content (AvgIpc) is 2.48. The van der Waals surface area contributed by atoms with Crippen molar-refractivity contribution in [2.75, 3.05) is 5.32 Å². The molecule has 0 saturated heterocycles. The second kappa shape index (κ2) is 6.01. The molecule has 0 spiro atoms. The zero-order chi connectivity index (χ0) is 13.7. The SMILES string of the molecule is CC[C@@H](C)c1ccc(Nc2ncccc2C#N)cc1. The summed E-state index contributed by atoms with van der Waals surface area (Å²) in [7, 11) is 0. The van der Waals surface area contributed by atoms with Crippen LogP contribution in [0.1, 0.15) is 37.3 Å². The third kappa shape index (κ3) is 3.11. The van der Waals surface area contributed by atoms with Gasteiger partial charge in [0.2, 0.25) is 0 Å². The summed E-state index contributed by atoms with van der Waals surface area (Å²) in [6, 6.07) is 13.9. The molecule has 0 radical (unpaired) electrons. The van der Waals surface area contributed by atoms with Crippen LogP contribution in [-0.2, 0) is 0 Å². The molecule has 0 saturated carbocycles. The van der Waals surface area contributed by atoms with Gasteiger partial charge in [-0.1, -0.05) is 26.0 Å². The van der Waals surface area contributed by atoms with Crippen molar-refractivity contribution in [2.45, 2.75) is 26.2 Å². The van der Waals surface area contributed by atoms with E-state index >= 15 is 0 Å². The number of nitrogens with zero attached hydrogens (tertiary/aromatic N) is 2. The van der Waals surface area contributed by atoms with E-state index in [1.165, 1.54) is 5.56 Å². The predicted molar refractivity (Wildman–Crippen MR) is 77.4 cm³/mol. The lowest BCUT2D eigenvalue weighted by atomic mass is 9.99. The summed E-state index contributed by atoms with van der Waals surface area (Å²) >= 11 is 0. The molecule has 96 valence electrons. The number of aromatic nitrogens is 1. The summed E-state index contributed by atoms with van der Waals surface area (Å²) in [5, 5.41) is 12.2. The molecule has 0 aliphatic carbocycles. The highest BCUT2D eigenvalue weighted by molar-refractivity contribution is 5.62. The Hall–Kier alpha value is -2.34. The van der Waals surface area contributed by atoms with Gasteiger partial charge in [0.25, 0.3) is 0 Å². The van der Waals surface area contributed by atoms with Crippen LogP contribution in [0.3, 0.4) is 0 Å². The predicted octanol–water partition coefficient (Wildman–Crippen LogP) is 4.21. The summed E-state index contributed by atoms with van der Waals surface area (Å²) in [6.07, 6.45) is 2.81. The first-order valence-electron chi connectivity index (χ1n) is 6.46. The number of nitrogens with one attached hydrogen (secondary N) is 1. The van der Waals surface area contributed by atoms with Crippen LogP contribution in [0.25, 0.3) is 0 Å². The van der Waals surface area contributed by atoms with Crippen molar-refractivity contribution in [3.05, 3.63) is 53.7 Å². The van der Waals surface area contributed by atoms with Crippen LogP contribution in [0.5, 0.6) is 0 Å². The largest absolute Gasteiger partial charge is 0.339 e. The summed E-state index contributed by atoms with van der Waals surface area (Å²) < 4.78 is 0. The molecule has 0 amide bonds. The maximum Gasteiger partial charge on any atom is 0.148 e. The van der Waals surface area contributed by atoms with Crippen LogP contribution < -0.4 is 5.32 Å². The summed E-state index contributed by atoms with van der Waals surface area (Å²) in [6.45, 7) is 4.40. The Morgan fingerprint density at radius 3 is 2.63 bits per heavy atom. The Morgan fingerprint density at radius 2 is 2.00 bits per heavy atom. The molecule has 0 aliphatic heterocycles. The van der Waals surface area contributed by atoms with Gasteiger partial charge in [-0.05, 0) is 42.2 Å². The van der Waals surface area contributed by atoms with Crippen molar-refractivity contribution >= 4 is 11.5 Å². The molecule has 0 unspecified atom stereocenters. The second-order valence-electron chi connectivity index (χ2n) is 4.57. The maximum atomic E-state index is 9.02. The molecule has 1 atom stereocenters.